The molecule has 6 nitrogen and oxygen atoms in total. The molecule has 0 aliphatic carbocycles. The van der Waals surface area contributed by atoms with Crippen molar-refractivity contribution in [2.24, 2.45) is 0 Å². The zero-order chi connectivity index (χ0) is 13.8. The van der Waals surface area contributed by atoms with Gasteiger partial charge in [-0.3, -0.25) is 5.10 Å². The fourth-order valence-corrected chi connectivity index (χ4v) is 3.70. The number of rotatable bonds is 7. The second-order valence-electron chi connectivity index (χ2n) is 4.22. The first kappa shape index (κ1) is 15.1. The van der Waals surface area contributed by atoms with Gasteiger partial charge in [0.2, 0.25) is 0 Å². The minimum absolute atomic E-state index is 0.0225. The standard InChI is InChI=1S/C11H22N4O2S/c1-5-9(3)15(6-2)18(16,17)11-10(7-12-4)8-13-14-11/h8-9,12H,5-7H2,1-4H3,(H,13,14). The maximum absolute atomic E-state index is 12.5. The third-order valence-corrected chi connectivity index (χ3v) is 5.11. The zero-order valence-corrected chi connectivity index (χ0v) is 12.2. The Morgan fingerprint density at radius 1 is 1.50 bits per heavy atom. The maximum atomic E-state index is 12.5. The Morgan fingerprint density at radius 3 is 2.67 bits per heavy atom. The van der Waals surface area contributed by atoms with Gasteiger partial charge >= 0.3 is 0 Å². The van der Waals surface area contributed by atoms with Gasteiger partial charge in [0.15, 0.2) is 5.03 Å². The molecule has 0 radical (unpaired) electrons. The molecule has 18 heavy (non-hydrogen) atoms. The SMILES string of the molecule is CCC(C)N(CC)S(=O)(=O)c1[nH]ncc1CNC. The molecule has 1 rings (SSSR count). The predicted molar refractivity (Wildman–Crippen MR) is 70.7 cm³/mol. The van der Waals surface area contributed by atoms with Crippen LogP contribution in [0.1, 0.15) is 32.8 Å². The Balaban J connectivity index is 3.15. The summed E-state index contributed by atoms with van der Waals surface area (Å²) in [6.07, 6.45) is 2.33. The van der Waals surface area contributed by atoms with E-state index in [1.807, 2.05) is 20.8 Å². The molecule has 0 aromatic carbocycles. The number of nitrogens with zero attached hydrogens (tertiary/aromatic N) is 2. The molecule has 104 valence electrons. The number of hydrogen-bond donors (Lipinski definition) is 2. The molecule has 0 aliphatic heterocycles. The van der Waals surface area contributed by atoms with E-state index in [2.05, 4.69) is 15.5 Å². The van der Waals surface area contributed by atoms with Crippen LogP contribution in [0.2, 0.25) is 0 Å². The molecule has 0 saturated carbocycles. The van der Waals surface area contributed by atoms with Crippen molar-refractivity contribution in [3.05, 3.63) is 11.8 Å². The zero-order valence-electron chi connectivity index (χ0n) is 11.4. The van der Waals surface area contributed by atoms with Gasteiger partial charge < -0.3 is 5.32 Å². The Morgan fingerprint density at radius 2 is 2.17 bits per heavy atom. The summed E-state index contributed by atoms with van der Waals surface area (Å²) in [6, 6.07) is -0.0225. The molecule has 1 atom stereocenters. The van der Waals surface area contributed by atoms with Crippen LogP contribution in [-0.2, 0) is 16.6 Å². The van der Waals surface area contributed by atoms with Gasteiger partial charge in [-0.15, -0.1) is 0 Å². The molecule has 0 fully saturated rings. The molecule has 0 saturated heterocycles. The van der Waals surface area contributed by atoms with Gasteiger partial charge in [0.05, 0.1) is 6.20 Å². The van der Waals surface area contributed by atoms with E-state index < -0.39 is 10.0 Å². The summed E-state index contributed by atoms with van der Waals surface area (Å²) in [6.45, 7) is 6.66. The normalized spacial score (nSPS) is 14.1. The van der Waals surface area contributed by atoms with Gasteiger partial charge in [-0.25, -0.2) is 8.42 Å². The number of aromatic amines is 1. The van der Waals surface area contributed by atoms with Gasteiger partial charge in [-0.05, 0) is 20.4 Å². The Kier molecular flexibility index (Phi) is 5.30. The van der Waals surface area contributed by atoms with E-state index in [1.165, 1.54) is 4.31 Å². The average molecular weight is 274 g/mol. The van der Waals surface area contributed by atoms with Crippen LogP contribution < -0.4 is 5.32 Å². The van der Waals surface area contributed by atoms with E-state index in [1.54, 1.807) is 13.2 Å². The largest absolute Gasteiger partial charge is 0.316 e. The number of H-pyrrole nitrogens is 1. The van der Waals surface area contributed by atoms with Crippen LogP contribution >= 0.6 is 0 Å². The highest BCUT2D eigenvalue weighted by molar-refractivity contribution is 7.89. The Bertz CT molecular complexity index is 469. The molecule has 1 aromatic heterocycles. The van der Waals surface area contributed by atoms with Crippen LogP contribution in [0.5, 0.6) is 0 Å². The van der Waals surface area contributed by atoms with E-state index in [0.29, 0.717) is 18.7 Å². The minimum Gasteiger partial charge on any atom is -0.316 e. The second-order valence-corrected chi connectivity index (χ2v) is 6.05. The van der Waals surface area contributed by atoms with Crippen LogP contribution in [-0.4, -0.2) is 42.6 Å². The molecule has 0 amide bonds. The number of aromatic nitrogens is 2. The first-order valence-corrected chi connectivity index (χ1v) is 7.61. The van der Waals surface area contributed by atoms with Gasteiger partial charge in [-0.1, -0.05) is 13.8 Å². The van der Waals surface area contributed by atoms with Gasteiger partial charge in [0, 0.05) is 24.7 Å². The summed E-state index contributed by atoms with van der Waals surface area (Å²) in [5.41, 5.74) is 0.666. The highest BCUT2D eigenvalue weighted by Crippen LogP contribution is 2.20. The highest BCUT2D eigenvalue weighted by Gasteiger charge is 2.30. The molecule has 0 bridgehead atoms. The van der Waals surface area contributed by atoms with Crippen LogP contribution in [0.25, 0.3) is 0 Å². The first-order valence-electron chi connectivity index (χ1n) is 6.17. The Hall–Kier alpha value is -0.920. The predicted octanol–water partition coefficient (Wildman–Crippen LogP) is 0.938. The van der Waals surface area contributed by atoms with Gasteiger partial charge in [0.25, 0.3) is 10.0 Å². The third kappa shape index (κ3) is 2.90. The van der Waals surface area contributed by atoms with E-state index in [4.69, 9.17) is 0 Å². The molecular formula is C11H22N4O2S. The lowest BCUT2D eigenvalue weighted by Crippen LogP contribution is -2.38. The van der Waals surface area contributed by atoms with Crippen molar-refractivity contribution < 1.29 is 8.42 Å². The highest BCUT2D eigenvalue weighted by atomic mass is 32.2. The lowest BCUT2D eigenvalue weighted by Gasteiger charge is -2.25. The second kappa shape index (κ2) is 6.31. The number of sulfonamides is 1. The monoisotopic (exact) mass is 274 g/mol. The van der Waals surface area contributed by atoms with Crippen molar-refractivity contribution in [1.82, 2.24) is 19.8 Å². The van der Waals surface area contributed by atoms with Crippen LogP contribution in [0.4, 0.5) is 0 Å². The molecule has 0 aliphatic rings. The third-order valence-electron chi connectivity index (χ3n) is 3.01. The summed E-state index contributed by atoms with van der Waals surface area (Å²) in [5.74, 6) is 0. The minimum atomic E-state index is -3.50. The molecule has 1 heterocycles. The van der Waals surface area contributed by atoms with E-state index >= 15 is 0 Å². The van der Waals surface area contributed by atoms with Crippen LogP contribution in [0, 0.1) is 0 Å². The van der Waals surface area contributed by atoms with Crippen molar-refractivity contribution in [2.45, 2.75) is 44.8 Å². The average Bonchev–Trinajstić information content (AvgIpc) is 2.78. The lowest BCUT2D eigenvalue weighted by molar-refractivity contribution is 0.341. The summed E-state index contributed by atoms with van der Waals surface area (Å²) in [4.78, 5) is 0. The van der Waals surface area contributed by atoms with Crippen molar-refractivity contribution in [3.63, 3.8) is 0 Å². The molecule has 7 heteroatoms. The quantitative estimate of drug-likeness (QED) is 0.775. The molecular weight excluding hydrogens is 252 g/mol. The lowest BCUT2D eigenvalue weighted by atomic mass is 10.3. The summed E-state index contributed by atoms with van der Waals surface area (Å²) >= 11 is 0. The van der Waals surface area contributed by atoms with Crippen molar-refractivity contribution in [3.8, 4) is 0 Å². The van der Waals surface area contributed by atoms with Crippen molar-refractivity contribution in [1.29, 1.82) is 0 Å². The van der Waals surface area contributed by atoms with Crippen molar-refractivity contribution >= 4 is 10.0 Å². The van der Waals surface area contributed by atoms with Crippen LogP contribution in [0.3, 0.4) is 0 Å². The maximum Gasteiger partial charge on any atom is 0.260 e. The van der Waals surface area contributed by atoms with Crippen molar-refractivity contribution in [2.75, 3.05) is 13.6 Å². The summed E-state index contributed by atoms with van der Waals surface area (Å²) in [7, 11) is -1.72. The Labute approximate surface area is 109 Å². The topological polar surface area (TPSA) is 78.1 Å². The van der Waals surface area contributed by atoms with E-state index in [0.717, 1.165) is 6.42 Å². The molecule has 0 spiro atoms. The fraction of sp³-hybridized carbons (Fsp3) is 0.727. The molecule has 2 N–H and O–H groups in total. The number of nitrogens with one attached hydrogen (secondary N) is 2. The first-order chi connectivity index (χ1) is 8.48. The van der Waals surface area contributed by atoms with Crippen LogP contribution in [0.15, 0.2) is 11.2 Å². The number of hydrogen-bond acceptors (Lipinski definition) is 4. The van der Waals surface area contributed by atoms with E-state index in [-0.39, 0.29) is 11.1 Å². The smallest absolute Gasteiger partial charge is 0.260 e. The van der Waals surface area contributed by atoms with Gasteiger partial charge in [0.1, 0.15) is 0 Å². The van der Waals surface area contributed by atoms with E-state index in [9.17, 15) is 8.42 Å². The molecule has 1 aromatic rings. The molecule has 1 unspecified atom stereocenters. The summed E-state index contributed by atoms with van der Waals surface area (Å²) < 4.78 is 26.6. The summed E-state index contributed by atoms with van der Waals surface area (Å²) in [5, 5.41) is 9.58. The fourth-order valence-electron chi connectivity index (χ4n) is 1.88. The van der Waals surface area contributed by atoms with Gasteiger partial charge in [-0.2, -0.15) is 9.40 Å².